The second kappa shape index (κ2) is 8.05. The Kier molecular flexibility index (Phi) is 5.28. The van der Waals surface area contributed by atoms with E-state index in [1.165, 1.54) is 5.56 Å². The van der Waals surface area contributed by atoms with Crippen molar-refractivity contribution < 1.29 is 4.79 Å². The van der Waals surface area contributed by atoms with Crippen LogP contribution in [0.25, 0.3) is 21.3 Å². The molecule has 0 saturated heterocycles. The van der Waals surface area contributed by atoms with Crippen LogP contribution in [0.1, 0.15) is 40.6 Å². The maximum absolute atomic E-state index is 12.9. The molecule has 0 bridgehead atoms. The average molecular weight is 429 g/mol. The number of nitrogen functional groups attached to an aromatic ring is 2. The fraction of sp³-hybridized carbons (Fsp3) is 0.130. The number of pyridine rings is 2. The summed E-state index contributed by atoms with van der Waals surface area (Å²) in [6, 6.07) is 15.3. The van der Waals surface area contributed by atoms with Crippen molar-refractivity contribution in [1.82, 2.24) is 9.97 Å². The number of nitrogens with zero attached hydrogens (tertiary/aromatic N) is 3. The maximum Gasteiger partial charge on any atom is 0.269 e. The minimum atomic E-state index is -0.391. The number of nitrogens with one attached hydrogen (secondary N) is 1. The van der Waals surface area contributed by atoms with Crippen LogP contribution in [-0.2, 0) is 0 Å². The van der Waals surface area contributed by atoms with Crippen LogP contribution in [0.5, 0.6) is 0 Å². The van der Waals surface area contributed by atoms with Crippen LogP contribution < -0.4 is 16.8 Å². The second-order valence-electron chi connectivity index (χ2n) is 7.33. The highest BCUT2D eigenvalue weighted by Crippen LogP contribution is 2.42. The van der Waals surface area contributed by atoms with E-state index < -0.39 is 5.91 Å². The summed E-state index contributed by atoms with van der Waals surface area (Å²) in [5, 5.41) is 13.1. The van der Waals surface area contributed by atoms with Gasteiger partial charge in [0.15, 0.2) is 0 Å². The predicted octanol–water partition coefficient (Wildman–Crippen LogP) is 4.77. The quantitative estimate of drug-likeness (QED) is 0.429. The van der Waals surface area contributed by atoms with Crippen molar-refractivity contribution in [2.24, 2.45) is 0 Å². The molecule has 0 unspecified atom stereocenters. The minimum Gasteiger partial charge on any atom is -0.397 e. The molecule has 1 aromatic carbocycles. The van der Waals surface area contributed by atoms with E-state index >= 15 is 0 Å². The Morgan fingerprint density at radius 3 is 2.52 bits per heavy atom. The Balaban J connectivity index is 1.89. The summed E-state index contributed by atoms with van der Waals surface area (Å²) in [5.74, 6) is 0.507. The van der Waals surface area contributed by atoms with Crippen molar-refractivity contribution in [3.05, 3.63) is 64.7 Å². The molecule has 3 aromatic heterocycles. The summed E-state index contributed by atoms with van der Waals surface area (Å²) in [6.45, 7) is 4.23. The zero-order valence-electron chi connectivity index (χ0n) is 17.0. The number of amides is 1. The number of hydrogen-bond acceptors (Lipinski definition) is 7. The monoisotopic (exact) mass is 428 g/mol. The molecule has 0 saturated carbocycles. The fourth-order valence-electron chi connectivity index (χ4n) is 3.39. The number of anilines is 3. The smallest absolute Gasteiger partial charge is 0.269 e. The standard InChI is InChI=1S/C23H20N6OS/c1-12(2)13-6-8-14(9-7-13)17-15(11-24)21(26)29-23-18(17)19(25)20(31-23)22(30)28-16-5-3-4-10-27-16/h3-10,12H,25H2,1-2H3,(H2,26,29)(H,27,28,30). The molecule has 1 amide bonds. The lowest BCUT2D eigenvalue weighted by atomic mass is 9.94. The van der Waals surface area contributed by atoms with Gasteiger partial charge in [0.2, 0.25) is 0 Å². The third-order valence-corrected chi connectivity index (χ3v) is 6.09. The molecule has 0 fully saturated rings. The summed E-state index contributed by atoms with van der Waals surface area (Å²) in [7, 11) is 0. The number of aromatic nitrogens is 2. The Morgan fingerprint density at radius 1 is 1.16 bits per heavy atom. The Labute approximate surface area is 183 Å². The molecular formula is C23H20N6OS. The first-order valence-corrected chi connectivity index (χ1v) is 10.5. The Hall–Kier alpha value is -3.96. The third-order valence-electron chi connectivity index (χ3n) is 5.00. The topological polar surface area (TPSA) is 131 Å². The molecule has 0 aliphatic rings. The SMILES string of the molecule is CC(C)c1ccc(-c2c(C#N)c(N)nc3sc(C(=O)Nc4ccccn4)c(N)c23)cc1. The zero-order chi connectivity index (χ0) is 22.1. The molecule has 0 spiro atoms. The molecule has 8 heteroatoms. The van der Waals surface area contributed by atoms with Gasteiger partial charge in [-0.05, 0) is 29.2 Å². The number of nitrogens with two attached hydrogens (primary N) is 2. The molecule has 154 valence electrons. The molecule has 4 aromatic rings. The van der Waals surface area contributed by atoms with Crippen molar-refractivity contribution in [3.8, 4) is 17.2 Å². The van der Waals surface area contributed by atoms with Crippen molar-refractivity contribution in [2.75, 3.05) is 16.8 Å². The molecule has 5 N–H and O–H groups in total. The van der Waals surface area contributed by atoms with E-state index in [-0.39, 0.29) is 17.1 Å². The molecule has 3 heterocycles. The summed E-state index contributed by atoms with van der Waals surface area (Å²) >= 11 is 1.14. The predicted molar refractivity (Wildman–Crippen MR) is 125 cm³/mol. The van der Waals surface area contributed by atoms with Crippen LogP contribution >= 0.6 is 11.3 Å². The van der Waals surface area contributed by atoms with E-state index in [1.807, 2.05) is 24.3 Å². The second-order valence-corrected chi connectivity index (χ2v) is 8.33. The molecule has 0 aliphatic heterocycles. The number of fused-ring (bicyclic) bond motifs is 1. The fourth-order valence-corrected chi connectivity index (χ4v) is 4.39. The summed E-state index contributed by atoms with van der Waals surface area (Å²) in [6.07, 6.45) is 1.59. The average Bonchev–Trinajstić information content (AvgIpc) is 3.09. The molecule has 7 nitrogen and oxygen atoms in total. The van der Waals surface area contributed by atoms with Gasteiger partial charge >= 0.3 is 0 Å². The van der Waals surface area contributed by atoms with E-state index in [0.717, 1.165) is 16.9 Å². The number of carbonyl (C=O) groups is 1. The van der Waals surface area contributed by atoms with Crippen LogP contribution in [-0.4, -0.2) is 15.9 Å². The highest BCUT2D eigenvalue weighted by Gasteiger charge is 2.24. The van der Waals surface area contributed by atoms with Gasteiger partial charge in [0, 0.05) is 17.1 Å². The zero-order valence-corrected chi connectivity index (χ0v) is 17.8. The lowest BCUT2D eigenvalue weighted by Gasteiger charge is -2.11. The Bertz CT molecular complexity index is 1320. The van der Waals surface area contributed by atoms with Gasteiger partial charge in [0.1, 0.15) is 33.0 Å². The molecular weight excluding hydrogens is 408 g/mol. The van der Waals surface area contributed by atoms with Gasteiger partial charge in [-0.1, -0.05) is 44.2 Å². The highest BCUT2D eigenvalue weighted by atomic mass is 32.1. The van der Waals surface area contributed by atoms with Gasteiger partial charge in [0.05, 0.1) is 5.69 Å². The van der Waals surface area contributed by atoms with Crippen LogP contribution in [0.2, 0.25) is 0 Å². The molecule has 0 radical (unpaired) electrons. The van der Waals surface area contributed by atoms with Gasteiger partial charge in [-0.3, -0.25) is 4.79 Å². The van der Waals surface area contributed by atoms with Gasteiger partial charge in [-0.2, -0.15) is 5.26 Å². The van der Waals surface area contributed by atoms with Crippen LogP contribution in [0, 0.1) is 11.3 Å². The van der Waals surface area contributed by atoms with Gasteiger partial charge in [-0.15, -0.1) is 11.3 Å². The molecule has 4 rings (SSSR count). The number of carbonyl (C=O) groups excluding carboxylic acids is 1. The first kappa shape index (κ1) is 20.3. The Morgan fingerprint density at radius 2 is 1.90 bits per heavy atom. The first-order valence-electron chi connectivity index (χ1n) is 9.65. The number of rotatable bonds is 4. The normalized spacial score (nSPS) is 10.9. The number of hydrogen-bond donors (Lipinski definition) is 3. The van der Waals surface area contributed by atoms with E-state index in [2.05, 4.69) is 35.2 Å². The van der Waals surface area contributed by atoms with Crippen molar-refractivity contribution in [2.45, 2.75) is 19.8 Å². The van der Waals surface area contributed by atoms with E-state index in [1.54, 1.807) is 24.4 Å². The first-order chi connectivity index (χ1) is 14.9. The lowest BCUT2D eigenvalue weighted by Crippen LogP contribution is -2.12. The van der Waals surface area contributed by atoms with Crippen LogP contribution in [0.3, 0.4) is 0 Å². The number of thiophene rings is 1. The molecule has 31 heavy (non-hydrogen) atoms. The van der Waals surface area contributed by atoms with Gasteiger partial charge in [-0.25, -0.2) is 9.97 Å². The van der Waals surface area contributed by atoms with E-state index in [4.69, 9.17) is 11.5 Å². The number of nitriles is 1. The summed E-state index contributed by atoms with van der Waals surface area (Å²) in [4.78, 5) is 22.1. The summed E-state index contributed by atoms with van der Waals surface area (Å²) in [5.41, 5.74) is 15.6. The van der Waals surface area contributed by atoms with Crippen molar-refractivity contribution in [1.29, 1.82) is 5.26 Å². The highest BCUT2D eigenvalue weighted by molar-refractivity contribution is 7.21. The molecule has 0 aliphatic carbocycles. The minimum absolute atomic E-state index is 0.107. The largest absolute Gasteiger partial charge is 0.397 e. The van der Waals surface area contributed by atoms with Crippen molar-refractivity contribution in [3.63, 3.8) is 0 Å². The van der Waals surface area contributed by atoms with Crippen molar-refractivity contribution >= 4 is 44.8 Å². The third kappa shape index (κ3) is 3.67. The van der Waals surface area contributed by atoms with Crippen LogP contribution in [0.15, 0.2) is 48.7 Å². The van der Waals surface area contributed by atoms with Crippen LogP contribution in [0.4, 0.5) is 17.3 Å². The maximum atomic E-state index is 12.9. The number of benzene rings is 1. The van der Waals surface area contributed by atoms with E-state index in [9.17, 15) is 10.1 Å². The summed E-state index contributed by atoms with van der Waals surface area (Å²) < 4.78 is 0. The van der Waals surface area contributed by atoms with Gasteiger partial charge < -0.3 is 16.8 Å². The lowest BCUT2D eigenvalue weighted by molar-refractivity contribution is 0.103. The van der Waals surface area contributed by atoms with Gasteiger partial charge in [0.25, 0.3) is 5.91 Å². The van der Waals surface area contributed by atoms with E-state index in [0.29, 0.717) is 32.4 Å². The molecule has 0 atom stereocenters.